The molecule has 1 atom stereocenters. The highest BCUT2D eigenvalue weighted by molar-refractivity contribution is 5.77. The summed E-state index contributed by atoms with van der Waals surface area (Å²) in [6.07, 6.45) is 5.83. The molecule has 0 fully saturated rings. The number of rotatable bonds is 7. The van der Waals surface area contributed by atoms with Crippen molar-refractivity contribution in [2.75, 3.05) is 0 Å². The average molecular weight is 274 g/mol. The van der Waals surface area contributed by atoms with Crippen LogP contribution in [-0.4, -0.2) is 6.10 Å². The first-order valence-corrected chi connectivity index (χ1v) is 7.43. The fraction of sp³-hybridized carbons (Fsp3) is 0.471. The van der Waals surface area contributed by atoms with Crippen molar-refractivity contribution in [3.8, 4) is 5.75 Å². The molecule has 1 aromatic carbocycles. The highest BCUT2D eigenvalue weighted by Gasteiger charge is 2.10. The summed E-state index contributed by atoms with van der Waals surface area (Å²) >= 11 is 0. The van der Waals surface area contributed by atoms with Gasteiger partial charge in [-0.25, -0.2) is 4.79 Å². The van der Waals surface area contributed by atoms with E-state index < -0.39 is 0 Å². The molecule has 0 saturated heterocycles. The van der Waals surface area contributed by atoms with Gasteiger partial charge in [0.25, 0.3) is 0 Å². The van der Waals surface area contributed by atoms with Crippen LogP contribution in [0.25, 0.3) is 11.0 Å². The van der Waals surface area contributed by atoms with E-state index >= 15 is 0 Å². The Balaban J connectivity index is 2.16. The van der Waals surface area contributed by atoms with Crippen LogP contribution in [-0.2, 0) is 0 Å². The largest absolute Gasteiger partial charge is 0.490 e. The first kappa shape index (κ1) is 14.6. The molecule has 2 aromatic rings. The van der Waals surface area contributed by atoms with E-state index in [4.69, 9.17) is 9.15 Å². The van der Waals surface area contributed by atoms with Crippen molar-refractivity contribution >= 4 is 11.0 Å². The fourth-order valence-electron chi connectivity index (χ4n) is 2.32. The standard InChI is InChI=1S/C17H22O3/c1-3-5-7-14(6-4-2)19-15-10-8-13-9-11-17(18)20-16(13)12-15/h8-12,14H,3-7H2,1-2H3. The smallest absolute Gasteiger partial charge is 0.336 e. The van der Waals surface area contributed by atoms with E-state index in [0.29, 0.717) is 5.58 Å². The van der Waals surface area contributed by atoms with Crippen molar-refractivity contribution in [2.45, 2.75) is 52.1 Å². The van der Waals surface area contributed by atoms with Crippen LogP contribution < -0.4 is 10.4 Å². The molecule has 2 rings (SSSR count). The predicted molar refractivity (Wildman–Crippen MR) is 81.3 cm³/mol. The van der Waals surface area contributed by atoms with Crippen molar-refractivity contribution < 1.29 is 9.15 Å². The van der Waals surface area contributed by atoms with E-state index in [2.05, 4.69) is 13.8 Å². The lowest BCUT2D eigenvalue weighted by Gasteiger charge is -2.18. The SMILES string of the molecule is CCCCC(CCC)Oc1ccc2ccc(=O)oc2c1. The topological polar surface area (TPSA) is 39.4 Å². The number of hydrogen-bond donors (Lipinski definition) is 0. The van der Waals surface area contributed by atoms with Crippen molar-refractivity contribution in [1.29, 1.82) is 0 Å². The van der Waals surface area contributed by atoms with Crippen molar-refractivity contribution in [3.05, 3.63) is 40.8 Å². The van der Waals surface area contributed by atoms with Gasteiger partial charge in [-0.1, -0.05) is 33.1 Å². The summed E-state index contributed by atoms with van der Waals surface area (Å²) in [6, 6.07) is 8.88. The molecule has 0 aliphatic heterocycles. The third kappa shape index (κ3) is 3.86. The molecule has 1 aromatic heterocycles. The number of benzene rings is 1. The van der Waals surface area contributed by atoms with Gasteiger partial charge >= 0.3 is 5.63 Å². The van der Waals surface area contributed by atoms with E-state index in [9.17, 15) is 4.79 Å². The maximum Gasteiger partial charge on any atom is 0.336 e. The molecule has 0 saturated carbocycles. The maximum atomic E-state index is 11.3. The van der Waals surface area contributed by atoms with E-state index in [0.717, 1.165) is 30.4 Å². The Labute approximate surface area is 119 Å². The molecule has 20 heavy (non-hydrogen) atoms. The third-order valence-electron chi connectivity index (χ3n) is 3.39. The van der Waals surface area contributed by atoms with Gasteiger partial charge in [0.2, 0.25) is 0 Å². The molecule has 0 aliphatic carbocycles. The summed E-state index contributed by atoms with van der Waals surface area (Å²) in [6.45, 7) is 4.36. The molecule has 3 heteroatoms. The lowest BCUT2D eigenvalue weighted by Crippen LogP contribution is -2.16. The summed E-state index contributed by atoms with van der Waals surface area (Å²) in [5, 5.41) is 0.914. The van der Waals surface area contributed by atoms with Crippen LogP contribution in [0, 0.1) is 0 Å². The molecular formula is C17H22O3. The molecule has 3 nitrogen and oxygen atoms in total. The Bertz CT molecular complexity index is 600. The monoisotopic (exact) mass is 274 g/mol. The molecular weight excluding hydrogens is 252 g/mol. The van der Waals surface area contributed by atoms with Gasteiger partial charge in [-0.2, -0.15) is 0 Å². The normalized spacial score (nSPS) is 12.5. The summed E-state index contributed by atoms with van der Waals surface area (Å²) in [5.41, 5.74) is 0.256. The molecule has 0 N–H and O–H groups in total. The highest BCUT2D eigenvalue weighted by atomic mass is 16.5. The zero-order chi connectivity index (χ0) is 14.4. The second-order valence-electron chi connectivity index (χ2n) is 5.12. The Kier molecular flexibility index (Phi) is 5.22. The Morgan fingerprint density at radius 1 is 1.10 bits per heavy atom. The molecule has 0 aliphatic rings. The van der Waals surface area contributed by atoms with Crippen LogP contribution in [0.2, 0.25) is 0 Å². The highest BCUT2D eigenvalue weighted by Crippen LogP contribution is 2.22. The first-order chi connectivity index (χ1) is 9.72. The minimum absolute atomic E-state index is 0.243. The average Bonchev–Trinajstić information content (AvgIpc) is 2.44. The van der Waals surface area contributed by atoms with Gasteiger partial charge in [0, 0.05) is 17.5 Å². The zero-order valence-electron chi connectivity index (χ0n) is 12.2. The minimum Gasteiger partial charge on any atom is -0.490 e. The minimum atomic E-state index is -0.328. The van der Waals surface area contributed by atoms with Gasteiger partial charge < -0.3 is 9.15 Å². The first-order valence-electron chi connectivity index (χ1n) is 7.43. The van der Waals surface area contributed by atoms with Gasteiger partial charge in [-0.15, -0.1) is 0 Å². The van der Waals surface area contributed by atoms with Gasteiger partial charge in [-0.05, 0) is 31.0 Å². The van der Waals surface area contributed by atoms with E-state index in [-0.39, 0.29) is 11.7 Å². The van der Waals surface area contributed by atoms with E-state index in [1.165, 1.54) is 18.9 Å². The second-order valence-corrected chi connectivity index (χ2v) is 5.12. The molecule has 0 bridgehead atoms. The fourth-order valence-corrected chi connectivity index (χ4v) is 2.32. The molecule has 108 valence electrons. The van der Waals surface area contributed by atoms with Crippen LogP contribution >= 0.6 is 0 Å². The predicted octanol–water partition coefficient (Wildman–Crippen LogP) is 4.53. The van der Waals surface area contributed by atoms with Crippen molar-refractivity contribution in [3.63, 3.8) is 0 Å². The number of ether oxygens (including phenoxy) is 1. The molecule has 1 heterocycles. The quantitative estimate of drug-likeness (QED) is 0.696. The Morgan fingerprint density at radius 2 is 1.90 bits per heavy atom. The molecule has 0 spiro atoms. The summed E-state index contributed by atoms with van der Waals surface area (Å²) in [5.74, 6) is 0.779. The van der Waals surface area contributed by atoms with E-state index in [1.807, 2.05) is 18.2 Å². The van der Waals surface area contributed by atoms with Gasteiger partial charge in [-0.3, -0.25) is 0 Å². The molecule has 1 unspecified atom stereocenters. The molecule has 0 amide bonds. The van der Waals surface area contributed by atoms with Crippen LogP contribution in [0.4, 0.5) is 0 Å². The summed E-state index contributed by atoms with van der Waals surface area (Å²) < 4.78 is 11.2. The van der Waals surface area contributed by atoms with Crippen LogP contribution in [0.1, 0.15) is 46.0 Å². The Morgan fingerprint density at radius 3 is 2.65 bits per heavy atom. The third-order valence-corrected chi connectivity index (χ3v) is 3.39. The van der Waals surface area contributed by atoms with Crippen molar-refractivity contribution in [1.82, 2.24) is 0 Å². The van der Waals surface area contributed by atoms with Crippen LogP contribution in [0.15, 0.2) is 39.5 Å². The second kappa shape index (κ2) is 7.13. The summed E-state index contributed by atoms with van der Waals surface area (Å²) in [7, 11) is 0. The zero-order valence-corrected chi connectivity index (χ0v) is 12.2. The Hall–Kier alpha value is -1.77. The lowest BCUT2D eigenvalue weighted by molar-refractivity contribution is 0.176. The number of unbranched alkanes of at least 4 members (excludes halogenated alkanes) is 1. The van der Waals surface area contributed by atoms with Gasteiger partial charge in [0.1, 0.15) is 11.3 Å². The van der Waals surface area contributed by atoms with Gasteiger partial charge in [0.15, 0.2) is 0 Å². The lowest BCUT2D eigenvalue weighted by atomic mass is 10.1. The van der Waals surface area contributed by atoms with Crippen molar-refractivity contribution in [2.24, 2.45) is 0 Å². The van der Waals surface area contributed by atoms with Crippen LogP contribution in [0.5, 0.6) is 5.75 Å². The van der Waals surface area contributed by atoms with Crippen LogP contribution in [0.3, 0.4) is 0 Å². The summed E-state index contributed by atoms with van der Waals surface area (Å²) in [4.78, 5) is 11.3. The maximum absolute atomic E-state index is 11.3. The number of fused-ring (bicyclic) bond motifs is 1. The number of hydrogen-bond acceptors (Lipinski definition) is 3. The molecule has 0 radical (unpaired) electrons. The van der Waals surface area contributed by atoms with E-state index in [1.54, 1.807) is 6.07 Å². The van der Waals surface area contributed by atoms with Gasteiger partial charge in [0.05, 0.1) is 6.10 Å².